The van der Waals surface area contributed by atoms with Crippen molar-refractivity contribution in [2.24, 2.45) is 5.92 Å². The normalized spacial score (nSPS) is 24.1. The highest BCUT2D eigenvalue weighted by Crippen LogP contribution is 2.36. The van der Waals surface area contributed by atoms with E-state index < -0.39 is 15.4 Å². The molecule has 2 aliphatic carbocycles. The number of aromatic nitrogens is 1. The first-order valence-electron chi connectivity index (χ1n) is 14.2. The molecule has 3 heterocycles. The summed E-state index contributed by atoms with van der Waals surface area (Å²) in [5, 5.41) is 12.8. The van der Waals surface area contributed by atoms with Crippen molar-refractivity contribution in [3.05, 3.63) is 35.5 Å². The number of hydrogen-bond acceptors (Lipinski definition) is 8. The quantitative estimate of drug-likeness (QED) is 0.537. The van der Waals surface area contributed by atoms with Crippen LogP contribution in [0, 0.1) is 17.2 Å². The first-order chi connectivity index (χ1) is 18.9. The highest BCUT2D eigenvalue weighted by atomic mass is 32.2. The SMILES string of the molecule is N#CC1(NC(=O)C2CCCCC2)CC1.O=S1(=O)CCN(c2ccc(-c3cnc(C4CCCCO4)s3)cc2)CC1. The van der Waals surface area contributed by atoms with Crippen LogP contribution in [0.1, 0.15) is 75.3 Å². The average molecular weight is 571 g/mol. The Labute approximate surface area is 235 Å². The molecule has 1 amide bonds. The van der Waals surface area contributed by atoms with Crippen molar-refractivity contribution in [2.45, 2.75) is 75.9 Å². The van der Waals surface area contributed by atoms with Crippen LogP contribution in [-0.4, -0.2) is 56.0 Å². The fourth-order valence-corrected chi connectivity index (χ4v) is 7.61. The van der Waals surface area contributed by atoms with Gasteiger partial charge in [0.1, 0.15) is 16.7 Å². The molecule has 1 aromatic carbocycles. The first kappa shape index (κ1) is 28.1. The molecule has 39 heavy (non-hydrogen) atoms. The minimum Gasteiger partial charge on any atom is -0.371 e. The lowest BCUT2D eigenvalue weighted by Gasteiger charge is -2.28. The zero-order chi connectivity index (χ0) is 27.3. The molecule has 1 atom stereocenters. The van der Waals surface area contributed by atoms with Gasteiger partial charge in [-0.15, -0.1) is 11.3 Å². The Bertz CT molecular complexity index is 1260. The Balaban J connectivity index is 0.000000186. The number of ether oxygens (including phenoxy) is 1. The standard InChI is InChI=1S/C18H22N2O3S2.C11H16N2O/c21-25(22)11-8-20(9-12-25)15-6-4-14(5-7-15)17-13-19-18(24-17)16-3-1-2-10-23-16;12-8-11(6-7-11)13-10(14)9-4-2-1-3-5-9/h4-7,13,16H,1-3,8-12H2;9H,1-7H2,(H,13,14). The molecule has 6 rings (SSSR count). The lowest BCUT2D eigenvalue weighted by molar-refractivity contribution is -0.126. The summed E-state index contributed by atoms with van der Waals surface area (Å²) in [6.07, 6.45) is 12.8. The number of sulfone groups is 1. The van der Waals surface area contributed by atoms with Crippen LogP contribution in [0.25, 0.3) is 10.4 Å². The number of anilines is 1. The summed E-state index contributed by atoms with van der Waals surface area (Å²) in [5.41, 5.74) is 1.75. The van der Waals surface area contributed by atoms with Crippen LogP contribution in [-0.2, 0) is 19.4 Å². The predicted molar refractivity (Wildman–Crippen MR) is 153 cm³/mol. The molecule has 2 saturated carbocycles. The molecule has 4 fully saturated rings. The molecule has 1 N–H and O–H groups in total. The van der Waals surface area contributed by atoms with E-state index in [0.717, 1.165) is 79.1 Å². The Morgan fingerprint density at radius 2 is 1.74 bits per heavy atom. The molecule has 0 radical (unpaired) electrons. The Hall–Kier alpha value is -2.48. The van der Waals surface area contributed by atoms with Crippen molar-refractivity contribution in [3.8, 4) is 16.5 Å². The number of nitrogens with zero attached hydrogens (tertiary/aromatic N) is 3. The van der Waals surface area contributed by atoms with Crippen LogP contribution < -0.4 is 10.2 Å². The van der Waals surface area contributed by atoms with Crippen molar-refractivity contribution < 1.29 is 17.9 Å². The van der Waals surface area contributed by atoms with Gasteiger partial charge in [0.25, 0.3) is 0 Å². The van der Waals surface area contributed by atoms with E-state index in [2.05, 4.69) is 45.5 Å². The van der Waals surface area contributed by atoms with E-state index in [0.29, 0.717) is 13.1 Å². The zero-order valence-corrected chi connectivity index (χ0v) is 24.1. The number of benzene rings is 1. The molecular formula is C29H38N4O4S2. The van der Waals surface area contributed by atoms with E-state index >= 15 is 0 Å². The molecule has 0 bridgehead atoms. The molecular weight excluding hydrogens is 532 g/mol. The molecule has 4 aliphatic rings. The second-order valence-corrected chi connectivity index (χ2v) is 14.5. The van der Waals surface area contributed by atoms with Crippen LogP contribution in [0.15, 0.2) is 30.5 Å². The van der Waals surface area contributed by atoms with E-state index in [9.17, 15) is 13.2 Å². The second-order valence-electron chi connectivity index (χ2n) is 11.1. The summed E-state index contributed by atoms with van der Waals surface area (Å²) in [6, 6.07) is 10.5. The number of carbonyl (C=O) groups excluding carboxylic acids is 1. The largest absolute Gasteiger partial charge is 0.371 e. The molecule has 0 spiro atoms. The number of hydrogen-bond donors (Lipinski definition) is 1. The van der Waals surface area contributed by atoms with E-state index in [4.69, 9.17) is 10.00 Å². The maximum Gasteiger partial charge on any atom is 0.224 e. The topological polar surface area (TPSA) is 112 Å². The second kappa shape index (κ2) is 12.4. The Kier molecular flexibility index (Phi) is 8.89. The third-order valence-corrected chi connectivity index (χ3v) is 10.9. The van der Waals surface area contributed by atoms with Crippen molar-refractivity contribution in [1.29, 1.82) is 5.26 Å². The predicted octanol–water partition coefficient (Wildman–Crippen LogP) is 5.03. The molecule has 2 saturated heterocycles. The van der Waals surface area contributed by atoms with E-state index in [1.807, 2.05) is 6.20 Å². The van der Waals surface area contributed by atoms with Crippen molar-refractivity contribution >= 4 is 32.8 Å². The van der Waals surface area contributed by atoms with Gasteiger partial charge >= 0.3 is 0 Å². The minimum absolute atomic E-state index is 0.115. The van der Waals surface area contributed by atoms with Gasteiger partial charge in [0.2, 0.25) is 5.91 Å². The molecule has 2 aromatic rings. The van der Waals surface area contributed by atoms with Gasteiger partial charge in [0.05, 0.1) is 22.5 Å². The summed E-state index contributed by atoms with van der Waals surface area (Å²) in [6.45, 7) is 1.98. The van der Waals surface area contributed by atoms with Crippen molar-refractivity contribution in [1.82, 2.24) is 10.3 Å². The number of nitriles is 1. The number of carbonyl (C=O) groups is 1. The molecule has 1 aromatic heterocycles. The maximum atomic E-state index is 11.8. The highest BCUT2D eigenvalue weighted by molar-refractivity contribution is 7.91. The van der Waals surface area contributed by atoms with Gasteiger partial charge in [-0.05, 0) is 62.6 Å². The highest BCUT2D eigenvalue weighted by Gasteiger charge is 2.45. The van der Waals surface area contributed by atoms with E-state index in [-0.39, 0.29) is 29.4 Å². The number of rotatable bonds is 5. The summed E-state index contributed by atoms with van der Waals surface area (Å²) >= 11 is 1.70. The minimum atomic E-state index is -2.84. The van der Waals surface area contributed by atoms with Crippen molar-refractivity contribution in [3.63, 3.8) is 0 Å². The van der Waals surface area contributed by atoms with Crippen LogP contribution in [0.5, 0.6) is 0 Å². The van der Waals surface area contributed by atoms with Crippen LogP contribution in [0.4, 0.5) is 5.69 Å². The third-order valence-electron chi connectivity index (χ3n) is 8.14. The van der Waals surface area contributed by atoms with Crippen LogP contribution in [0.3, 0.4) is 0 Å². The van der Waals surface area contributed by atoms with Gasteiger partial charge < -0.3 is 15.0 Å². The first-order valence-corrected chi connectivity index (χ1v) is 16.9. The molecule has 8 nitrogen and oxygen atoms in total. The monoisotopic (exact) mass is 570 g/mol. The molecule has 210 valence electrons. The molecule has 1 unspecified atom stereocenters. The lowest BCUT2D eigenvalue weighted by Crippen LogP contribution is -2.40. The van der Waals surface area contributed by atoms with Crippen molar-refractivity contribution in [2.75, 3.05) is 36.1 Å². The summed E-state index contributed by atoms with van der Waals surface area (Å²) < 4.78 is 28.9. The van der Waals surface area contributed by atoms with E-state index in [1.165, 1.54) is 12.8 Å². The lowest BCUT2D eigenvalue weighted by atomic mass is 9.88. The fourth-order valence-electron chi connectivity index (χ4n) is 5.40. The van der Waals surface area contributed by atoms with Gasteiger partial charge in [-0.1, -0.05) is 31.4 Å². The van der Waals surface area contributed by atoms with Crippen LogP contribution in [0.2, 0.25) is 0 Å². The summed E-state index contributed by atoms with van der Waals surface area (Å²) in [4.78, 5) is 19.6. The number of thiazole rings is 1. The zero-order valence-electron chi connectivity index (χ0n) is 22.4. The van der Waals surface area contributed by atoms with E-state index in [1.54, 1.807) is 11.3 Å². The fraction of sp³-hybridized carbons (Fsp3) is 0.621. The smallest absolute Gasteiger partial charge is 0.224 e. The van der Waals surface area contributed by atoms with Gasteiger partial charge in [0.15, 0.2) is 9.84 Å². The van der Waals surface area contributed by atoms with Gasteiger partial charge in [-0.2, -0.15) is 5.26 Å². The number of nitrogens with one attached hydrogen (secondary N) is 1. The molecule has 2 aliphatic heterocycles. The van der Waals surface area contributed by atoms with Gasteiger partial charge in [-0.25, -0.2) is 13.4 Å². The average Bonchev–Trinajstić information content (AvgIpc) is 3.57. The van der Waals surface area contributed by atoms with Gasteiger partial charge in [0, 0.05) is 37.5 Å². The summed E-state index contributed by atoms with van der Waals surface area (Å²) in [5.74, 6) is 0.779. The molecule has 10 heteroatoms. The van der Waals surface area contributed by atoms with Gasteiger partial charge in [-0.3, -0.25) is 4.79 Å². The third kappa shape index (κ3) is 7.38. The van der Waals surface area contributed by atoms with Crippen LogP contribution >= 0.6 is 11.3 Å². The maximum absolute atomic E-state index is 11.8. The number of amides is 1. The Morgan fingerprint density at radius 3 is 2.36 bits per heavy atom. The Morgan fingerprint density at radius 1 is 1.05 bits per heavy atom. The summed E-state index contributed by atoms with van der Waals surface area (Å²) in [7, 11) is -2.84.